The molecule has 0 saturated carbocycles. The van der Waals surface area contributed by atoms with E-state index in [-0.39, 0.29) is 18.6 Å². The molecule has 0 unspecified atom stereocenters. The molecule has 2 N–H and O–H groups in total. The van der Waals surface area contributed by atoms with Crippen LogP contribution in [0.3, 0.4) is 0 Å². The van der Waals surface area contributed by atoms with Crippen molar-refractivity contribution in [1.29, 1.82) is 0 Å². The van der Waals surface area contributed by atoms with Crippen molar-refractivity contribution in [3.05, 3.63) is 0 Å². The monoisotopic (exact) mass is 161 g/mol. The SMILES string of the molecule is CC[C@H]1[C@@H](CO)NC(=O)[C@@H]1F. The third-order valence-electron chi connectivity index (χ3n) is 2.14. The molecule has 1 aliphatic rings. The molecule has 0 spiro atoms. The van der Waals surface area contributed by atoms with E-state index in [9.17, 15) is 9.18 Å². The fraction of sp³-hybridized carbons (Fsp3) is 0.857. The highest BCUT2D eigenvalue weighted by atomic mass is 19.1. The highest BCUT2D eigenvalue weighted by molar-refractivity contribution is 5.83. The van der Waals surface area contributed by atoms with Crippen LogP contribution in [0.25, 0.3) is 0 Å². The van der Waals surface area contributed by atoms with Crippen LogP contribution in [-0.4, -0.2) is 29.8 Å². The van der Waals surface area contributed by atoms with Gasteiger partial charge in [0.2, 0.25) is 0 Å². The Labute approximate surface area is 64.6 Å². The predicted octanol–water partition coefficient (Wildman–Crippen LogP) is -0.159. The minimum absolute atomic E-state index is 0.176. The summed E-state index contributed by atoms with van der Waals surface area (Å²) in [5, 5.41) is 11.1. The first kappa shape index (κ1) is 8.46. The lowest BCUT2D eigenvalue weighted by atomic mass is 9.97. The number of hydrogen-bond acceptors (Lipinski definition) is 2. The Morgan fingerprint density at radius 2 is 2.36 bits per heavy atom. The number of nitrogens with one attached hydrogen (secondary N) is 1. The number of alkyl halides is 1. The third-order valence-corrected chi connectivity index (χ3v) is 2.14. The summed E-state index contributed by atoms with van der Waals surface area (Å²) in [5.41, 5.74) is 0. The number of aliphatic hydroxyl groups is 1. The molecule has 1 rings (SSSR count). The van der Waals surface area contributed by atoms with Gasteiger partial charge >= 0.3 is 0 Å². The van der Waals surface area contributed by atoms with Crippen LogP contribution >= 0.6 is 0 Å². The average Bonchev–Trinajstić information content (AvgIpc) is 2.28. The van der Waals surface area contributed by atoms with Crippen molar-refractivity contribution >= 4 is 5.91 Å². The van der Waals surface area contributed by atoms with E-state index in [2.05, 4.69) is 5.32 Å². The molecule has 1 aliphatic heterocycles. The molecule has 64 valence electrons. The summed E-state index contributed by atoms with van der Waals surface area (Å²) in [7, 11) is 0. The Balaban J connectivity index is 2.64. The topological polar surface area (TPSA) is 49.3 Å². The van der Waals surface area contributed by atoms with Gasteiger partial charge in [-0.3, -0.25) is 4.79 Å². The number of aliphatic hydroxyl groups excluding tert-OH is 1. The molecule has 4 heteroatoms. The van der Waals surface area contributed by atoms with E-state index in [0.29, 0.717) is 6.42 Å². The molecular weight excluding hydrogens is 149 g/mol. The predicted molar refractivity (Wildman–Crippen MR) is 37.7 cm³/mol. The van der Waals surface area contributed by atoms with Crippen molar-refractivity contribution in [3.8, 4) is 0 Å². The van der Waals surface area contributed by atoms with Gasteiger partial charge in [0.05, 0.1) is 12.6 Å². The Bertz CT molecular complexity index is 163. The second-order valence-corrected chi connectivity index (χ2v) is 2.77. The second kappa shape index (κ2) is 3.17. The van der Waals surface area contributed by atoms with Gasteiger partial charge in [-0.25, -0.2) is 4.39 Å². The van der Waals surface area contributed by atoms with Crippen LogP contribution in [0.15, 0.2) is 0 Å². The van der Waals surface area contributed by atoms with Crippen LogP contribution in [0.2, 0.25) is 0 Å². The lowest BCUT2D eigenvalue weighted by Crippen LogP contribution is -2.32. The lowest BCUT2D eigenvalue weighted by Gasteiger charge is -2.14. The zero-order chi connectivity index (χ0) is 8.43. The molecule has 3 nitrogen and oxygen atoms in total. The van der Waals surface area contributed by atoms with E-state index in [0.717, 1.165) is 0 Å². The van der Waals surface area contributed by atoms with Crippen LogP contribution in [-0.2, 0) is 4.79 Å². The second-order valence-electron chi connectivity index (χ2n) is 2.77. The fourth-order valence-electron chi connectivity index (χ4n) is 1.44. The molecule has 3 atom stereocenters. The summed E-state index contributed by atoms with van der Waals surface area (Å²) >= 11 is 0. The van der Waals surface area contributed by atoms with Crippen molar-refractivity contribution in [2.24, 2.45) is 5.92 Å². The van der Waals surface area contributed by atoms with Gasteiger partial charge in [-0.15, -0.1) is 0 Å². The molecule has 1 saturated heterocycles. The summed E-state index contributed by atoms with van der Waals surface area (Å²) in [6.45, 7) is 1.63. The summed E-state index contributed by atoms with van der Waals surface area (Å²) in [5.74, 6) is -0.941. The first-order chi connectivity index (χ1) is 5.20. The van der Waals surface area contributed by atoms with E-state index < -0.39 is 12.1 Å². The Kier molecular flexibility index (Phi) is 2.44. The van der Waals surface area contributed by atoms with Gasteiger partial charge in [0.25, 0.3) is 5.91 Å². The van der Waals surface area contributed by atoms with Crippen molar-refractivity contribution in [2.75, 3.05) is 6.61 Å². The van der Waals surface area contributed by atoms with Gasteiger partial charge < -0.3 is 10.4 Å². The van der Waals surface area contributed by atoms with Crippen LogP contribution in [0.5, 0.6) is 0 Å². The number of carbonyl (C=O) groups is 1. The first-order valence-electron chi connectivity index (χ1n) is 3.76. The maximum atomic E-state index is 12.9. The number of carbonyl (C=O) groups excluding carboxylic acids is 1. The van der Waals surface area contributed by atoms with E-state index >= 15 is 0 Å². The minimum atomic E-state index is -1.43. The summed E-state index contributed by atoms with van der Waals surface area (Å²) in [6, 6.07) is -0.387. The molecular formula is C7H12FNO2. The van der Waals surface area contributed by atoms with Crippen LogP contribution in [0.1, 0.15) is 13.3 Å². The molecule has 1 amide bonds. The van der Waals surface area contributed by atoms with Gasteiger partial charge in [-0.1, -0.05) is 6.92 Å². The molecule has 1 heterocycles. The quantitative estimate of drug-likeness (QED) is 0.591. The molecule has 0 aromatic heterocycles. The number of rotatable bonds is 2. The van der Waals surface area contributed by atoms with Gasteiger partial charge in [-0.05, 0) is 6.42 Å². The van der Waals surface area contributed by atoms with Crippen molar-refractivity contribution in [1.82, 2.24) is 5.32 Å². The Hall–Kier alpha value is -0.640. The van der Waals surface area contributed by atoms with Crippen LogP contribution in [0.4, 0.5) is 4.39 Å². The highest BCUT2D eigenvalue weighted by Gasteiger charge is 2.40. The number of amides is 1. The van der Waals surface area contributed by atoms with E-state index in [4.69, 9.17) is 5.11 Å². The van der Waals surface area contributed by atoms with Crippen molar-refractivity contribution < 1.29 is 14.3 Å². The van der Waals surface area contributed by atoms with Crippen LogP contribution in [0, 0.1) is 5.92 Å². The van der Waals surface area contributed by atoms with Gasteiger partial charge in [-0.2, -0.15) is 0 Å². The smallest absolute Gasteiger partial charge is 0.255 e. The zero-order valence-electron chi connectivity index (χ0n) is 6.38. The van der Waals surface area contributed by atoms with E-state index in [1.165, 1.54) is 0 Å². The fourth-order valence-corrected chi connectivity index (χ4v) is 1.44. The molecule has 0 aromatic carbocycles. The lowest BCUT2D eigenvalue weighted by molar-refractivity contribution is -0.123. The Morgan fingerprint density at radius 1 is 1.73 bits per heavy atom. The van der Waals surface area contributed by atoms with Crippen LogP contribution < -0.4 is 5.32 Å². The normalized spacial score (nSPS) is 37.4. The number of hydrogen-bond donors (Lipinski definition) is 2. The summed E-state index contributed by atoms with van der Waals surface area (Å²) < 4.78 is 12.9. The Morgan fingerprint density at radius 3 is 2.73 bits per heavy atom. The maximum Gasteiger partial charge on any atom is 0.255 e. The molecule has 0 bridgehead atoms. The molecule has 0 aromatic rings. The molecule has 0 radical (unpaired) electrons. The van der Waals surface area contributed by atoms with Gasteiger partial charge in [0, 0.05) is 5.92 Å². The number of halogens is 1. The highest BCUT2D eigenvalue weighted by Crippen LogP contribution is 2.22. The first-order valence-corrected chi connectivity index (χ1v) is 3.76. The zero-order valence-corrected chi connectivity index (χ0v) is 6.38. The average molecular weight is 161 g/mol. The largest absolute Gasteiger partial charge is 0.394 e. The summed E-state index contributed by atoms with van der Waals surface area (Å²) in [4.78, 5) is 10.7. The van der Waals surface area contributed by atoms with E-state index in [1.807, 2.05) is 0 Å². The summed E-state index contributed by atoms with van der Waals surface area (Å²) in [6.07, 6.45) is -0.859. The standard InChI is InChI=1S/C7H12FNO2/c1-2-4-5(3-10)9-7(11)6(4)8/h4-6,10H,2-3H2,1H3,(H,9,11)/t4-,5+,6+/m0/s1. The molecule has 1 fully saturated rings. The maximum absolute atomic E-state index is 12.9. The van der Waals surface area contributed by atoms with Crippen molar-refractivity contribution in [3.63, 3.8) is 0 Å². The molecule has 11 heavy (non-hydrogen) atoms. The van der Waals surface area contributed by atoms with Crippen molar-refractivity contribution in [2.45, 2.75) is 25.6 Å². The van der Waals surface area contributed by atoms with E-state index in [1.54, 1.807) is 6.92 Å². The molecule has 0 aliphatic carbocycles. The third kappa shape index (κ3) is 1.35. The van der Waals surface area contributed by atoms with Gasteiger partial charge in [0.1, 0.15) is 0 Å². The van der Waals surface area contributed by atoms with Gasteiger partial charge in [0.15, 0.2) is 6.17 Å². The minimum Gasteiger partial charge on any atom is -0.394 e.